The van der Waals surface area contributed by atoms with Crippen molar-refractivity contribution in [2.24, 2.45) is 11.8 Å². The van der Waals surface area contributed by atoms with Crippen LogP contribution in [0, 0.1) is 11.8 Å². The van der Waals surface area contributed by atoms with E-state index in [0.717, 1.165) is 19.3 Å². The molecule has 2 bridgehead atoms. The summed E-state index contributed by atoms with van der Waals surface area (Å²) in [6, 6.07) is -0.866. The van der Waals surface area contributed by atoms with Crippen LogP contribution in [0.5, 0.6) is 0 Å². The number of amides is 2. The van der Waals surface area contributed by atoms with E-state index in [1.165, 1.54) is 4.90 Å². The first-order valence-corrected chi connectivity index (χ1v) is 11.0. The number of carbonyl (C=O) groups excluding carboxylic acids is 2. The Morgan fingerprint density at radius 1 is 1.33 bits per heavy atom. The maximum Gasteiger partial charge on any atom is 0.310 e. The second kappa shape index (κ2) is 8.67. The second-order valence-corrected chi connectivity index (χ2v) is 8.95. The molecule has 0 aromatic carbocycles. The van der Waals surface area contributed by atoms with Crippen molar-refractivity contribution in [1.29, 1.82) is 0 Å². The molecule has 5 atom stereocenters. The van der Waals surface area contributed by atoms with Crippen molar-refractivity contribution >= 4 is 17.8 Å². The average Bonchev–Trinajstić information content (AvgIpc) is 3.26. The van der Waals surface area contributed by atoms with Gasteiger partial charge in [-0.2, -0.15) is 0 Å². The van der Waals surface area contributed by atoms with E-state index in [0.29, 0.717) is 32.4 Å². The van der Waals surface area contributed by atoms with Gasteiger partial charge in [0.15, 0.2) is 0 Å². The normalized spacial score (nSPS) is 34.3. The molecule has 2 unspecified atom stereocenters. The molecule has 0 aromatic rings. The van der Waals surface area contributed by atoms with Gasteiger partial charge in [-0.3, -0.25) is 14.4 Å². The number of nitrogens with zero attached hydrogens (tertiary/aromatic N) is 2. The summed E-state index contributed by atoms with van der Waals surface area (Å²) in [5.41, 5.74) is -2.06. The Balaban J connectivity index is 1.99. The summed E-state index contributed by atoms with van der Waals surface area (Å²) in [5, 5.41) is 19.2. The van der Waals surface area contributed by atoms with E-state index in [9.17, 15) is 24.6 Å². The summed E-state index contributed by atoms with van der Waals surface area (Å²) in [6.07, 6.45) is 5.83. The van der Waals surface area contributed by atoms with Crippen molar-refractivity contribution in [3.05, 3.63) is 12.7 Å². The maximum atomic E-state index is 13.7. The van der Waals surface area contributed by atoms with Gasteiger partial charge in [0.25, 0.3) is 0 Å². The van der Waals surface area contributed by atoms with Crippen molar-refractivity contribution in [3.8, 4) is 0 Å². The van der Waals surface area contributed by atoms with Gasteiger partial charge in [-0.25, -0.2) is 0 Å². The number of aliphatic hydroxyl groups is 1. The molecule has 8 nitrogen and oxygen atoms in total. The minimum Gasteiger partial charge on any atom is -0.481 e. The molecule has 3 aliphatic heterocycles. The highest BCUT2D eigenvalue weighted by molar-refractivity contribution is 5.98. The summed E-state index contributed by atoms with van der Waals surface area (Å²) in [7, 11) is 0. The molecule has 0 radical (unpaired) electrons. The SMILES string of the molecule is C=CCN(CCCCC)C(=O)C1N(CCCO)C(=O)[C@@H]2[C@H](C(=O)O)[C@]3(C)CCC12O3. The largest absolute Gasteiger partial charge is 0.481 e. The number of hydrogen-bond acceptors (Lipinski definition) is 5. The number of likely N-dealkylation sites (tertiary alicyclic amines) is 1. The van der Waals surface area contributed by atoms with E-state index in [-0.39, 0.29) is 25.0 Å². The lowest BCUT2D eigenvalue weighted by molar-refractivity contribution is -0.156. The average molecular weight is 423 g/mol. The number of unbranched alkanes of at least 4 members (excludes halogenated alkanes) is 2. The Morgan fingerprint density at radius 3 is 2.67 bits per heavy atom. The highest BCUT2D eigenvalue weighted by atomic mass is 16.5. The first kappa shape index (κ1) is 22.7. The maximum absolute atomic E-state index is 13.7. The third kappa shape index (κ3) is 3.43. The molecule has 3 fully saturated rings. The zero-order chi connectivity index (χ0) is 22.1. The number of ether oxygens (including phenoxy) is 1. The number of carboxylic acid groups (broad SMARTS) is 1. The summed E-state index contributed by atoms with van der Waals surface area (Å²) in [4.78, 5) is 42.4. The van der Waals surface area contributed by atoms with Gasteiger partial charge >= 0.3 is 5.97 Å². The van der Waals surface area contributed by atoms with Gasteiger partial charge in [-0.15, -0.1) is 6.58 Å². The van der Waals surface area contributed by atoms with Crippen molar-refractivity contribution in [2.75, 3.05) is 26.2 Å². The van der Waals surface area contributed by atoms with Crippen LogP contribution in [0.3, 0.4) is 0 Å². The van der Waals surface area contributed by atoms with Crippen LogP contribution in [0.1, 0.15) is 52.4 Å². The molecule has 3 aliphatic rings. The lowest BCUT2D eigenvalue weighted by Crippen LogP contribution is -2.56. The van der Waals surface area contributed by atoms with E-state index in [1.807, 2.05) is 0 Å². The van der Waals surface area contributed by atoms with E-state index in [4.69, 9.17) is 4.74 Å². The van der Waals surface area contributed by atoms with Gasteiger partial charge in [0.1, 0.15) is 11.6 Å². The number of aliphatic hydroxyl groups excluding tert-OH is 1. The summed E-state index contributed by atoms with van der Waals surface area (Å²) in [6.45, 7) is 8.60. The van der Waals surface area contributed by atoms with Crippen LogP contribution in [0.25, 0.3) is 0 Å². The molecule has 0 aromatic heterocycles. The van der Waals surface area contributed by atoms with Gasteiger partial charge < -0.3 is 24.7 Å². The zero-order valence-corrected chi connectivity index (χ0v) is 18.0. The van der Waals surface area contributed by atoms with E-state index < -0.39 is 35.0 Å². The Hall–Kier alpha value is -1.93. The number of rotatable bonds is 11. The van der Waals surface area contributed by atoms with Gasteiger partial charge in [-0.05, 0) is 32.6 Å². The van der Waals surface area contributed by atoms with Crippen LogP contribution in [0.2, 0.25) is 0 Å². The number of carboxylic acids is 1. The fourth-order valence-corrected chi connectivity index (χ4v) is 5.74. The third-order valence-corrected chi connectivity index (χ3v) is 7.03. The number of fused-ring (bicyclic) bond motifs is 1. The standard InChI is InChI=1S/C22H34N2O6/c1-4-6-7-12-23(11-5-2)19(27)17-22-10-9-21(3,30-22)16(20(28)29)15(22)18(26)24(17)13-8-14-25/h5,15-17,25H,2,4,6-14H2,1,3H3,(H,28,29)/t15-,16+,17?,21-,22?/m0/s1. The van der Waals surface area contributed by atoms with Crippen molar-refractivity contribution in [1.82, 2.24) is 9.80 Å². The summed E-state index contributed by atoms with van der Waals surface area (Å²) >= 11 is 0. The first-order valence-electron chi connectivity index (χ1n) is 11.0. The quantitative estimate of drug-likeness (QED) is 0.385. The zero-order valence-electron chi connectivity index (χ0n) is 18.0. The molecule has 168 valence electrons. The second-order valence-electron chi connectivity index (χ2n) is 8.95. The molecule has 2 N–H and O–H groups in total. The molecular formula is C22H34N2O6. The molecule has 2 amide bonds. The number of aliphatic carboxylic acids is 1. The molecule has 1 spiro atoms. The van der Waals surface area contributed by atoms with Gasteiger partial charge in [0.2, 0.25) is 11.8 Å². The monoisotopic (exact) mass is 422 g/mol. The van der Waals surface area contributed by atoms with Gasteiger partial charge in [0.05, 0.1) is 17.4 Å². The Kier molecular flexibility index (Phi) is 6.57. The van der Waals surface area contributed by atoms with E-state index >= 15 is 0 Å². The number of carbonyl (C=O) groups is 3. The number of hydrogen-bond donors (Lipinski definition) is 2. The molecule has 8 heteroatoms. The highest BCUT2D eigenvalue weighted by Crippen LogP contribution is 2.63. The van der Waals surface area contributed by atoms with Crippen LogP contribution >= 0.6 is 0 Å². The molecule has 0 saturated carbocycles. The predicted molar refractivity (Wildman–Crippen MR) is 110 cm³/mol. The Bertz CT molecular complexity index is 712. The topological polar surface area (TPSA) is 107 Å². The van der Waals surface area contributed by atoms with Crippen LogP contribution in [-0.4, -0.2) is 81.3 Å². The van der Waals surface area contributed by atoms with E-state index in [1.54, 1.807) is 17.9 Å². The van der Waals surface area contributed by atoms with Gasteiger partial charge in [-0.1, -0.05) is 25.8 Å². The van der Waals surface area contributed by atoms with Crippen molar-refractivity contribution < 1.29 is 29.3 Å². The van der Waals surface area contributed by atoms with Crippen molar-refractivity contribution in [3.63, 3.8) is 0 Å². The smallest absolute Gasteiger partial charge is 0.310 e. The molecular weight excluding hydrogens is 388 g/mol. The molecule has 3 heterocycles. The summed E-state index contributed by atoms with van der Waals surface area (Å²) in [5.74, 6) is -3.46. The van der Waals surface area contributed by atoms with Gasteiger partial charge in [0, 0.05) is 26.2 Å². The minimum atomic E-state index is -1.12. The fourth-order valence-electron chi connectivity index (χ4n) is 5.74. The first-order chi connectivity index (χ1) is 14.3. The Labute approximate surface area is 177 Å². The molecule has 0 aliphatic carbocycles. The van der Waals surface area contributed by atoms with Crippen molar-refractivity contribution in [2.45, 2.75) is 69.6 Å². The lowest BCUT2D eigenvalue weighted by Gasteiger charge is -2.36. The predicted octanol–water partition coefficient (Wildman–Crippen LogP) is 1.42. The van der Waals surface area contributed by atoms with Crippen LogP contribution < -0.4 is 0 Å². The Morgan fingerprint density at radius 2 is 2.07 bits per heavy atom. The fraction of sp³-hybridized carbons (Fsp3) is 0.773. The summed E-state index contributed by atoms with van der Waals surface area (Å²) < 4.78 is 6.33. The lowest BCUT2D eigenvalue weighted by atomic mass is 9.66. The highest BCUT2D eigenvalue weighted by Gasteiger charge is 2.78. The molecule has 3 rings (SSSR count). The molecule has 3 saturated heterocycles. The third-order valence-electron chi connectivity index (χ3n) is 7.03. The van der Waals surface area contributed by atoms with E-state index in [2.05, 4.69) is 13.5 Å². The van der Waals surface area contributed by atoms with Crippen LogP contribution in [0.15, 0.2) is 12.7 Å². The van der Waals surface area contributed by atoms with Crippen LogP contribution in [0.4, 0.5) is 0 Å². The van der Waals surface area contributed by atoms with Crippen LogP contribution in [-0.2, 0) is 19.1 Å². The molecule has 30 heavy (non-hydrogen) atoms. The minimum absolute atomic E-state index is 0.115.